The van der Waals surface area contributed by atoms with Crippen molar-refractivity contribution in [3.8, 4) is 11.5 Å². The summed E-state index contributed by atoms with van der Waals surface area (Å²) in [4.78, 5) is 11.9. The molecular formula is C29H30O10S2. The second kappa shape index (κ2) is 14.6. The van der Waals surface area contributed by atoms with Crippen LogP contribution in [0.2, 0.25) is 0 Å². The maximum absolute atomic E-state index is 11.9. The smallest absolute Gasteiger partial charge is 0.336 e. The first-order chi connectivity index (χ1) is 19.5. The first-order valence-electron chi connectivity index (χ1n) is 12.5. The van der Waals surface area contributed by atoms with Gasteiger partial charge in [-0.2, -0.15) is 16.8 Å². The molecule has 0 spiro atoms. The molecule has 10 nitrogen and oxygen atoms in total. The third-order valence-corrected chi connectivity index (χ3v) is 7.45. The van der Waals surface area contributed by atoms with Crippen LogP contribution in [-0.4, -0.2) is 41.1 Å². The summed E-state index contributed by atoms with van der Waals surface area (Å²) in [6.45, 7) is 3.39. The van der Waals surface area contributed by atoms with Crippen molar-refractivity contribution in [1.82, 2.24) is 0 Å². The Labute approximate surface area is 239 Å². The van der Waals surface area contributed by atoms with Gasteiger partial charge in [-0.3, -0.25) is 8.37 Å². The summed E-state index contributed by atoms with van der Waals surface area (Å²) in [7, 11) is -7.46. The molecule has 0 fully saturated rings. The van der Waals surface area contributed by atoms with Crippen LogP contribution in [0.3, 0.4) is 0 Å². The molecule has 0 heterocycles. The number of carboxylic acid groups (broad SMARTS) is 1. The topological polar surface area (TPSA) is 142 Å². The second-order valence-electron chi connectivity index (χ2n) is 8.42. The molecule has 12 heteroatoms. The van der Waals surface area contributed by atoms with Crippen molar-refractivity contribution >= 4 is 38.4 Å². The fourth-order valence-corrected chi connectivity index (χ4v) is 4.91. The minimum atomic E-state index is -3.73. The predicted molar refractivity (Wildman–Crippen MR) is 154 cm³/mol. The monoisotopic (exact) mass is 602 g/mol. The van der Waals surface area contributed by atoms with Crippen molar-refractivity contribution < 1.29 is 44.6 Å². The molecule has 3 aromatic carbocycles. The van der Waals surface area contributed by atoms with Gasteiger partial charge in [0.15, 0.2) is 0 Å². The molecule has 0 amide bonds. The number of carbonyl (C=O) groups is 1. The number of hydrogen-bond acceptors (Lipinski definition) is 9. The van der Waals surface area contributed by atoms with Crippen molar-refractivity contribution in [2.24, 2.45) is 0 Å². The Balaban J connectivity index is 1.59. The molecule has 0 radical (unpaired) electrons. The van der Waals surface area contributed by atoms with Gasteiger partial charge in [0.05, 0.1) is 29.6 Å². The lowest BCUT2D eigenvalue weighted by atomic mass is 10.0. The van der Waals surface area contributed by atoms with Crippen LogP contribution < -0.4 is 9.47 Å². The molecular weight excluding hydrogens is 572 g/mol. The zero-order chi connectivity index (χ0) is 29.9. The molecule has 0 bridgehead atoms. The van der Waals surface area contributed by atoms with Crippen molar-refractivity contribution in [3.05, 3.63) is 105 Å². The summed E-state index contributed by atoms with van der Waals surface area (Å²) in [5, 5.41) is 11.7. The van der Waals surface area contributed by atoms with Crippen molar-refractivity contribution in [3.63, 3.8) is 0 Å². The van der Waals surface area contributed by atoms with E-state index in [0.29, 0.717) is 33.8 Å². The van der Waals surface area contributed by atoms with Crippen molar-refractivity contribution in [2.45, 2.75) is 27.1 Å². The molecule has 0 aliphatic rings. The van der Waals surface area contributed by atoms with E-state index < -0.39 is 26.2 Å². The van der Waals surface area contributed by atoms with Crippen LogP contribution in [0.4, 0.5) is 0 Å². The second-order valence-corrected chi connectivity index (χ2v) is 11.4. The van der Waals surface area contributed by atoms with Gasteiger partial charge in [0.2, 0.25) is 0 Å². The molecule has 0 saturated carbocycles. The van der Waals surface area contributed by atoms with E-state index in [2.05, 4.69) is 8.37 Å². The van der Waals surface area contributed by atoms with E-state index in [0.717, 1.165) is 10.8 Å². The van der Waals surface area contributed by atoms with E-state index in [1.54, 1.807) is 74.5 Å². The fourth-order valence-electron chi connectivity index (χ4n) is 3.45. The zero-order valence-electron chi connectivity index (χ0n) is 22.4. The van der Waals surface area contributed by atoms with Gasteiger partial charge >= 0.3 is 5.97 Å². The average molecular weight is 603 g/mol. The molecule has 0 atom stereocenters. The molecule has 0 aliphatic carbocycles. The van der Waals surface area contributed by atoms with Gasteiger partial charge < -0.3 is 14.6 Å². The van der Waals surface area contributed by atoms with E-state index in [4.69, 9.17) is 9.47 Å². The van der Waals surface area contributed by atoms with Crippen LogP contribution >= 0.6 is 0 Å². The summed E-state index contributed by atoms with van der Waals surface area (Å²) in [6.07, 6.45) is 2.82. The molecule has 0 unspecified atom stereocenters. The van der Waals surface area contributed by atoms with E-state index >= 15 is 0 Å². The largest absolute Gasteiger partial charge is 0.489 e. The maximum atomic E-state index is 11.9. The highest BCUT2D eigenvalue weighted by Gasteiger charge is 2.13. The first-order valence-corrected chi connectivity index (χ1v) is 15.4. The van der Waals surface area contributed by atoms with E-state index in [9.17, 15) is 26.7 Å². The molecule has 3 rings (SSSR count). The highest BCUT2D eigenvalue weighted by atomic mass is 32.2. The third kappa shape index (κ3) is 10.5. The van der Waals surface area contributed by atoms with Gasteiger partial charge in [-0.25, -0.2) is 4.79 Å². The molecule has 0 aromatic heterocycles. The lowest BCUT2D eigenvalue weighted by Crippen LogP contribution is -2.07. The number of hydrogen-bond donors (Lipinski definition) is 1. The minimum Gasteiger partial charge on any atom is -0.489 e. The number of carboxylic acids is 1. The van der Waals surface area contributed by atoms with Crippen molar-refractivity contribution in [2.75, 3.05) is 13.2 Å². The lowest BCUT2D eigenvalue weighted by molar-refractivity contribution is 0.0693. The third-order valence-electron chi connectivity index (χ3n) is 5.38. The first kappa shape index (κ1) is 31.6. The number of rotatable bonds is 15. The van der Waals surface area contributed by atoms with Crippen LogP contribution in [0.15, 0.2) is 77.5 Å². The van der Waals surface area contributed by atoms with Gasteiger partial charge in [0.25, 0.3) is 20.2 Å². The van der Waals surface area contributed by atoms with E-state index in [1.165, 1.54) is 18.2 Å². The summed E-state index contributed by atoms with van der Waals surface area (Å²) in [5.41, 5.74) is 2.43. The minimum absolute atomic E-state index is 0.00463. The number of benzene rings is 3. The SMILES string of the molecule is CCOS(=O)(=O)/C=C/c1ccc(OCc2ccc(COc3ccc(/C=C/S(=O)(=O)OCC)cc3)c(C(=O)O)c2)cc1. The summed E-state index contributed by atoms with van der Waals surface area (Å²) < 4.78 is 67.3. The summed E-state index contributed by atoms with van der Waals surface area (Å²) >= 11 is 0. The van der Waals surface area contributed by atoms with Crippen LogP contribution in [0.25, 0.3) is 12.2 Å². The maximum Gasteiger partial charge on any atom is 0.336 e. The lowest BCUT2D eigenvalue weighted by Gasteiger charge is -2.12. The fraction of sp³-hybridized carbons (Fsp3) is 0.207. The van der Waals surface area contributed by atoms with E-state index in [-0.39, 0.29) is 32.0 Å². The van der Waals surface area contributed by atoms with Crippen molar-refractivity contribution in [1.29, 1.82) is 0 Å². The quantitative estimate of drug-likeness (QED) is 0.230. The average Bonchev–Trinajstić information content (AvgIpc) is 2.94. The van der Waals surface area contributed by atoms with Gasteiger partial charge in [-0.05, 0) is 73.0 Å². The number of ether oxygens (including phenoxy) is 2. The zero-order valence-corrected chi connectivity index (χ0v) is 24.1. The normalized spacial score (nSPS) is 12.1. The molecule has 3 aromatic rings. The molecule has 218 valence electrons. The predicted octanol–water partition coefficient (Wildman–Crippen LogP) is 5.22. The standard InChI is InChI=1S/C29H30O10S2/c1-3-38-40(32,33)17-15-22-6-11-26(12-7-22)36-20-24-5-10-25(28(19-24)29(30)31)21-37-27-13-8-23(9-14-27)16-18-41(34,35)39-4-2/h5-19H,3-4,20-21H2,1-2H3,(H,30,31)/b17-15+,18-16+. The van der Waals surface area contributed by atoms with Gasteiger partial charge in [-0.15, -0.1) is 0 Å². The van der Waals surface area contributed by atoms with Crippen LogP contribution in [0, 0.1) is 0 Å². The highest BCUT2D eigenvalue weighted by molar-refractivity contribution is 7.90. The Hall–Kier alpha value is -3.97. The Morgan fingerprint density at radius 2 is 1.17 bits per heavy atom. The summed E-state index contributed by atoms with van der Waals surface area (Å²) in [6, 6.07) is 18.3. The number of aromatic carboxylic acids is 1. The Morgan fingerprint density at radius 3 is 1.61 bits per heavy atom. The molecule has 1 N–H and O–H groups in total. The summed E-state index contributed by atoms with van der Waals surface area (Å²) in [5.74, 6) is -0.111. The van der Waals surface area contributed by atoms with Crippen LogP contribution in [0.5, 0.6) is 11.5 Å². The molecule has 0 saturated heterocycles. The molecule has 41 heavy (non-hydrogen) atoms. The van der Waals surface area contributed by atoms with Gasteiger partial charge in [0.1, 0.15) is 24.7 Å². The Kier molecular flexibility index (Phi) is 11.2. The van der Waals surface area contributed by atoms with Gasteiger partial charge in [0, 0.05) is 5.56 Å². The highest BCUT2D eigenvalue weighted by Crippen LogP contribution is 2.20. The van der Waals surface area contributed by atoms with Crippen LogP contribution in [0.1, 0.15) is 46.5 Å². The Bertz CT molecular complexity index is 1590. The Morgan fingerprint density at radius 1 is 0.707 bits per heavy atom. The van der Waals surface area contributed by atoms with Crippen LogP contribution in [-0.2, 0) is 41.8 Å². The van der Waals surface area contributed by atoms with Gasteiger partial charge in [-0.1, -0.05) is 36.4 Å². The van der Waals surface area contributed by atoms with E-state index in [1.807, 2.05) is 0 Å². The molecule has 0 aliphatic heterocycles.